The first kappa shape index (κ1) is 13.6. The number of carbonyl (C=O) groups is 1. The first-order valence-corrected chi connectivity index (χ1v) is 7.28. The van der Waals surface area contributed by atoms with Gasteiger partial charge in [0.15, 0.2) is 0 Å². The number of aromatic nitrogens is 1. The molecule has 1 aromatic carbocycles. The SMILES string of the molecule is Cc1ccn(Cc2c(C(=O)O)sc3ccccc23)c(=O)c1. The van der Waals surface area contributed by atoms with E-state index in [2.05, 4.69) is 0 Å². The topological polar surface area (TPSA) is 59.3 Å². The van der Waals surface area contributed by atoms with Crippen LogP contribution in [-0.4, -0.2) is 15.6 Å². The molecule has 4 nitrogen and oxygen atoms in total. The molecule has 0 fully saturated rings. The number of aryl methyl sites for hydroxylation is 1. The lowest BCUT2D eigenvalue weighted by atomic mass is 10.1. The zero-order chi connectivity index (χ0) is 15.0. The lowest BCUT2D eigenvalue weighted by molar-refractivity contribution is 0.0701. The number of hydrogen-bond acceptors (Lipinski definition) is 3. The molecule has 3 aromatic rings. The monoisotopic (exact) mass is 299 g/mol. The minimum absolute atomic E-state index is 0.124. The summed E-state index contributed by atoms with van der Waals surface area (Å²) in [5.41, 5.74) is 1.46. The normalized spacial score (nSPS) is 10.9. The number of carboxylic acid groups (broad SMARTS) is 1. The van der Waals surface area contributed by atoms with Gasteiger partial charge in [-0.2, -0.15) is 0 Å². The maximum absolute atomic E-state index is 12.0. The molecule has 0 bridgehead atoms. The smallest absolute Gasteiger partial charge is 0.346 e. The number of fused-ring (bicyclic) bond motifs is 1. The average molecular weight is 299 g/mol. The van der Waals surface area contributed by atoms with E-state index in [1.807, 2.05) is 37.3 Å². The number of hydrogen-bond donors (Lipinski definition) is 1. The number of rotatable bonds is 3. The van der Waals surface area contributed by atoms with Crippen molar-refractivity contribution in [1.82, 2.24) is 4.57 Å². The fraction of sp³-hybridized carbons (Fsp3) is 0.125. The highest BCUT2D eigenvalue weighted by atomic mass is 32.1. The lowest BCUT2D eigenvalue weighted by Gasteiger charge is -2.06. The molecule has 106 valence electrons. The van der Waals surface area contributed by atoms with Crippen LogP contribution in [0.3, 0.4) is 0 Å². The molecule has 0 aliphatic rings. The van der Waals surface area contributed by atoms with Gasteiger partial charge >= 0.3 is 5.97 Å². The van der Waals surface area contributed by atoms with Crippen LogP contribution in [-0.2, 0) is 6.54 Å². The molecule has 0 aliphatic carbocycles. The van der Waals surface area contributed by atoms with Crippen LogP contribution in [0.1, 0.15) is 20.8 Å². The minimum atomic E-state index is -0.952. The van der Waals surface area contributed by atoms with Crippen molar-refractivity contribution >= 4 is 27.4 Å². The quantitative estimate of drug-likeness (QED) is 0.808. The fourth-order valence-corrected chi connectivity index (χ4v) is 3.39. The zero-order valence-electron chi connectivity index (χ0n) is 11.4. The number of pyridine rings is 1. The van der Waals surface area contributed by atoms with Crippen molar-refractivity contribution in [3.63, 3.8) is 0 Å². The molecule has 3 rings (SSSR count). The summed E-state index contributed by atoms with van der Waals surface area (Å²) in [7, 11) is 0. The number of aromatic carboxylic acids is 1. The standard InChI is InChI=1S/C16H13NO3S/c1-10-6-7-17(14(18)8-10)9-12-11-4-2-3-5-13(11)21-15(12)16(19)20/h2-8H,9H2,1H3,(H,19,20). The summed E-state index contributed by atoms with van der Waals surface area (Å²) in [5, 5.41) is 10.3. The third-order valence-corrected chi connectivity index (χ3v) is 4.57. The van der Waals surface area contributed by atoms with Crippen molar-refractivity contribution in [3.8, 4) is 0 Å². The van der Waals surface area contributed by atoms with E-state index in [0.29, 0.717) is 10.4 Å². The van der Waals surface area contributed by atoms with E-state index < -0.39 is 5.97 Å². The van der Waals surface area contributed by atoms with Crippen molar-refractivity contribution < 1.29 is 9.90 Å². The van der Waals surface area contributed by atoms with E-state index in [0.717, 1.165) is 15.6 Å². The Morgan fingerprint density at radius 3 is 2.76 bits per heavy atom. The molecule has 0 aliphatic heterocycles. The maximum atomic E-state index is 12.0. The van der Waals surface area contributed by atoms with Crippen LogP contribution in [0.15, 0.2) is 47.4 Å². The Kier molecular flexibility index (Phi) is 3.35. The molecule has 0 atom stereocenters. The zero-order valence-corrected chi connectivity index (χ0v) is 12.2. The summed E-state index contributed by atoms with van der Waals surface area (Å²) in [6.45, 7) is 2.12. The van der Waals surface area contributed by atoms with Crippen molar-refractivity contribution in [1.29, 1.82) is 0 Å². The Morgan fingerprint density at radius 1 is 1.29 bits per heavy atom. The first-order chi connectivity index (χ1) is 10.1. The third kappa shape index (κ3) is 2.48. The second-order valence-corrected chi connectivity index (χ2v) is 5.93. The second kappa shape index (κ2) is 5.18. The van der Waals surface area contributed by atoms with Gasteiger partial charge in [0.1, 0.15) is 4.88 Å². The van der Waals surface area contributed by atoms with Crippen LogP contribution >= 0.6 is 11.3 Å². The summed E-state index contributed by atoms with van der Waals surface area (Å²) in [4.78, 5) is 23.7. The summed E-state index contributed by atoms with van der Waals surface area (Å²) < 4.78 is 2.46. The largest absolute Gasteiger partial charge is 0.477 e. The number of carboxylic acids is 1. The molecule has 5 heteroatoms. The van der Waals surface area contributed by atoms with Crippen molar-refractivity contribution in [3.05, 3.63) is 69.0 Å². The summed E-state index contributed by atoms with van der Waals surface area (Å²) in [6.07, 6.45) is 1.70. The van der Waals surface area contributed by atoms with Crippen LogP contribution < -0.4 is 5.56 Å². The summed E-state index contributed by atoms with van der Waals surface area (Å²) in [6, 6.07) is 10.9. The van der Waals surface area contributed by atoms with Crippen LogP contribution in [0.4, 0.5) is 0 Å². The van der Waals surface area contributed by atoms with Gasteiger partial charge in [0.2, 0.25) is 0 Å². The van der Waals surface area contributed by atoms with Gasteiger partial charge in [0.25, 0.3) is 5.56 Å². The Bertz CT molecular complexity index is 892. The van der Waals surface area contributed by atoms with Gasteiger partial charge in [0, 0.05) is 22.5 Å². The Hall–Kier alpha value is -2.40. The predicted octanol–water partition coefficient (Wildman–Crippen LogP) is 3.12. The molecule has 0 amide bonds. The molecule has 0 spiro atoms. The van der Waals surface area contributed by atoms with Crippen molar-refractivity contribution in [2.24, 2.45) is 0 Å². The summed E-state index contributed by atoms with van der Waals surface area (Å²) in [5.74, 6) is -0.952. The van der Waals surface area contributed by atoms with Gasteiger partial charge in [-0.1, -0.05) is 18.2 Å². The molecule has 0 saturated heterocycles. The van der Waals surface area contributed by atoms with Crippen LogP contribution in [0.5, 0.6) is 0 Å². The van der Waals surface area contributed by atoms with E-state index in [4.69, 9.17) is 0 Å². The second-order valence-electron chi connectivity index (χ2n) is 4.88. The number of benzene rings is 1. The van der Waals surface area contributed by atoms with Crippen LogP contribution in [0, 0.1) is 6.92 Å². The van der Waals surface area contributed by atoms with Gasteiger partial charge in [0.05, 0.1) is 6.54 Å². The highest BCUT2D eigenvalue weighted by molar-refractivity contribution is 7.21. The first-order valence-electron chi connectivity index (χ1n) is 6.47. The van der Waals surface area contributed by atoms with Crippen molar-refractivity contribution in [2.45, 2.75) is 13.5 Å². The Labute approximate surface area is 124 Å². The van der Waals surface area contributed by atoms with E-state index in [-0.39, 0.29) is 12.1 Å². The van der Waals surface area contributed by atoms with E-state index in [1.165, 1.54) is 15.9 Å². The highest BCUT2D eigenvalue weighted by Gasteiger charge is 2.17. The molecular weight excluding hydrogens is 286 g/mol. The molecule has 21 heavy (non-hydrogen) atoms. The fourth-order valence-electron chi connectivity index (χ4n) is 2.34. The van der Waals surface area contributed by atoms with Crippen molar-refractivity contribution in [2.75, 3.05) is 0 Å². The molecule has 0 unspecified atom stereocenters. The van der Waals surface area contributed by atoms with E-state index in [9.17, 15) is 14.7 Å². The third-order valence-electron chi connectivity index (χ3n) is 3.37. The number of nitrogens with zero attached hydrogens (tertiary/aromatic N) is 1. The van der Waals surface area contributed by atoms with Gasteiger partial charge < -0.3 is 9.67 Å². The van der Waals surface area contributed by atoms with E-state index in [1.54, 1.807) is 12.3 Å². The molecule has 0 radical (unpaired) electrons. The Morgan fingerprint density at radius 2 is 2.05 bits per heavy atom. The molecular formula is C16H13NO3S. The summed E-state index contributed by atoms with van der Waals surface area (Å²) >= 11 is 1.25. The Balaban J connectivity index is 2.17. The maximum Gasteiger partial charge on any atom is 0.346 e. The molecule has 0 saturated carbocycles. The van der Waals surface area contributed by atoms with Crippen LogP contribution in [0.25, 0.3) is 10.1 Å². The van der Waals surface area contributed by atoms with Gasteiger partial charge in [-0.3, -0.25) is 4.79 Å². The predicted molar refractivity (Wildman–Crippen MR) is 83.3 cm³/mol. The molecule has 2 aromatic heterocycles. The number of thiophene rings is 1. The minimum Gasteiger partial charge on any atom is -0.477 e. The highest BCUT2D eigenvalue weighted by Crippen LogP contribution is 2.31. The average Bonchev–Trinajstić information content (AvgIpc) is 2.81. The molecule has 2 heterocycles. The van der Waals surface area contributed by atoms with E-state index >= 15 is 0 Å². The van der Waals surface area contributed by atoms with Gasteiger partial charge in [-0.25, -0.2) is 4.79 Å². The molecule has 1 N–H and O–H groups in total. The van der Waals surface area contributed by atoms with Gasteiger partial charge in [-0.15, -0.1) is 11.3 Å². The lowest BCUT2D eigenvalue weighted by Crippen LogP contribution is -2.20. The van der Waals surface area contributed by atoms with Crippen LogP contribution in [0.2, 0.25) is 0 Å². The van der Waals surface area contributed by atoms with Gasteiger partial charge in [-0.05, 0) is 30.0 Å².